The van der Waals surface area contributed by atoms with Gasteiger partial charge in [-0.15, -0.1) is 0 Å². The van der Waals surface area contributed by atoms with Crippen molar-refractivity contribution in [3.8, 4) is 6.07 Å². The highest BCUT2D eigenvalue weighted by Gasteiger charge is 2.48. The van der Waals surface area contributed by atoms with Gasteiger partial charge in [0.05, 0.1) is 27.8 Å². The van der Waals surface area contributed by atoms with E-state index in [0.717, 1.165) is 0 Å². The lowest BCUT2D eigenvalue weighted by atomic mass is 10.2. The molecule has 6 nitrogen and oxygen atoms in total. The zero-order chi connectivity index (χ0) is 20.0. The topological polar surface area (TPSA) is 99.1 Å². The van der Waals surface area contributed by atoms with Gasteiger partial charge in [-0.25, -0.2) is 12.8 Å². The fraction of sp³-hybridized carbons (Fsp3) is 0.500. The highest BCUT2D eigenvalue weighted by molar-refractivity contribution is 7.92. The third kappa shape index (κ3) is 3.77. The zero-order valence-corrected chi connectivity index (χ0v) is 14.6. The number of carbonyl (C=O) groups is 1. The van der Waals surface area contributed by atoms with Crippen molar-refractivity contribution in [2.24, 2.45) is 0 Å². The number of sulfone groups is 1. The monoisotopic (exact) mass is 405 g/mol. The number of amides is 1. The molecule has 0 bridgehead atoms. The van der Waals surface area contributed by atoms with Gasteiger partial charge < -0.3 is 10.6 Å². The Morgan fingerprint density at radius 3 is 2.56 bits per heavy atom. The molecule has 2 aliphatic rings. The summed E-state index contributed by atoms with van der Waals surface area (Å²) in [6.45, 7) is -0.228. The summed E-state index contributed by atoms with van der Waals surface area (Å²) >= 11 is 0. The molecule has 0 aromatic heterocycles. The summed E-state index contributed by atoms with van der Waals surface area (Å²) in [5, 5.41) is 12.9. The lowest BCUT2D eigenvalue weighted by Gasteiger charge is -2.17. The first-order valence-corrected chi connectivity index (χ1v) is 9.60. The molecule has 1 aromatic rings. The van der Waals surface area contributed by atoms with E-state index in [1.807, 2.05) is 6.07 Å². The maximum atomic E-state index is 13.2. The Morgan fingerprint density at radius 1 is 1.33 bits per heavy atom. The van der Waals surface area contributed by atoms with Gasteiger partial charge in [0.15, 0.2) is 9.84 Å². The maximum Gasteiger partial charge on any atom is 0.417 e. The molecule has 1 saturated heterocycles. The van der Waals surface area contributed by atoms with Gasteiger partial charge in [-0.2, -0.15) is 18.4 Å². The summed E-state index contributed by atoms with van der Waals surface area (Å²) in [6, 6.07) is 2.41. The number of nitriles is 1. The number of hydrogen-bond donors (Lipinski definition) is 2. The van der Waals surface area contributed by atoms with Gasteiger partial charge in [0, 0.05) is 6.54 Å². The van der Waals surface area contributed by atoms with E-state index in [4.69, 9.17) is 5.26 Å². The van der Waals surface area contributed by atoms with Crippen LogP contribution in [0.1, 0.15) is 24.8 Å². The van der Waals surface area contributed by atoms with E-state index < -0.39 is 55.0 Å². The van der Waals surface area contributed by atoms with Crippen LogP contribution in [0.3, 0.4) is 0 Å². The molecule has 1 aliphatic carbocycles. The minimum Gasteiger partial charge on any atom is -0.336 e. The molecule has 1 aliphatic heterocycles. The number of nitrogens with one attached hydrogen (secondary N) is 2. The molecule has 0 radical (unpaired) electrons. The maximum absolute atomic E-state index is 13.2. The first kappa shape index (κ1) is 19.6. The first-order chi connectivity index (χ1) is 12.5. The zero-order valence-electron chi connectivity index (χ0n) is 13.8. The molecule has 2 atom stereocenters. The van der Waals surface area contributed by atoms with Crippen molar-refractivity contribution in [2.45, 2.75) is 47.2 Å². The lowest BCUT2D eigenvalue weighted by molar-refractivity contribution is -0.140. The molecular weight excluding hydrogens is 390 g/mol. The average Bonchev–Trinajstić information content (AvgIpc) is 3.16. The van der Waals surface area contributed by atoms with Crippen molar-refractivity contribution in [2.75, 3.05) is 6.54 Å². The van der Waals surface area contributed by atoms with Crippen molar-refractivity contribution in [1.82, 2.24) is 10.6 Å². The number of nitrogens with zero attached hydrogens (tertiary/aromatic N) is 1. The molecule has 146 valence electrons. The Kier molecular flexibility index (Phi) is 4.68. The minimum absolute atomic E-state index is 0.142. The number of rotatable bonds is 4. The van der Waals surface area contributed by atoms with E-state index in [1.165, 1.54) is 0 Å². The van der Waals surface area contributed by atoms with Crippen molar-refractivity contribution in [3.63, 3.8) is 0 Å². The minimum atomic E-state index is -5.04. The van der Waals surface area contributed by atoms with Gasteiger partial charge in [0.2, 0.25) is 5.91 Å². The summed E-state index contributed by atoms with van der Waals surface area (Å²) in [7, 11) is -4.46. The fourth-order valence-corrected chi connectivity index (χ4v) is 4.86. The second-order valence-electron chi connectivity index (χ2n) is 6.68. The van der Waals surface area contributed by atoms with E-state index >= 15 is 0 Å². The van der Waals surface area contributed by atoms with Crippen LogP contribution in [0.25, 0.3) is 0 Å². The molecule has 3 rings (SSSR count). The van der Waals surface area contributed by atoms with Crippen molar-refractivity contribution in [1.29, 1.82) is 5.26 Å². The molecule has 0 spiro atoms. The molecule has 1 amide bonds. The molecule has 27 heavy (non-hydrogen) atoms. The van der Waals surface area contributed by atoms with Crippen molar-refractivity contribution in [3.05, 3.63) is 29.6 Å². The Balaban J connectivity index is 1.81. The predicted octanol–water partition coefficient (Wildman–Crippen LogP) is 1.52. The average molecular weight is 405 g/mol. The number of alkyl halides is 3. The van der Waals surface area contributed by atoms with Crippen molar-refractivity contribution >= 4 is 15.7 Å². The van der Waals surface area contributed by atoms with Gasteiger partial charge in [-0.1, -0.05) is 0 Å². The smallest absolute Gasteiger partial charge is 0.336 e. The van der Waals surface area contributed by atoms with Crippen LogP contribution in [0.5, 0.6) is 0 Å². The number of hydrogen-bond acceptors (Lipinski definition) is 5. The van der Waals surface area contributed by atoms with E-state index in [-0.39, 0.29) is 19.0 Å². The Hall–Kier alpha value is -2.19. The lowest BCUT2D eigenvalue weighted by Crippen LogP contribution is -2.45. The Labute approximate surface area is 152 Å². The largest absolute Gasteiger partial charge is 0.417 e. The molecule has 11 heteroatoms. The number of benzene rings is 1. The molecule has 1 heterocycles. The normalized spacial score (nSPS) is 24.3. The van der Waals surface area contributed by atoms with E-state index in [2.05, 4.69) is 10.6 Å². The van der Waals surface area contributed by atoms with Gasteiger partial charge >= 0.3 is 6.18 Å². The van der Waals surface area contributed by atoms with Crippen LogP contribution in [-0.2, 0) is 20.8 Å². The van der Waals surface area contributed by atoms with Gasteiger partial charge in [0.1, 0.15) is 11.4 Å². The third-order valence-corrected chi connectivity index (χ3v) is 6.93. The second-order valence-corrected chi connectivity index (χ2v) is 8.88. The summed E-state index contributed by atoms with van der Waals surface area (Å²) in [6.07, 6.45) is -4.30. The van der Waals surface area contributed by atoms with Crippen LogP contribution >= 0.6 is 0 Å². The van der Waals surface area contributed by atoms with Crippen LogP contribution in [0.15, 0.2) is 23.1 Å². The summed E-state index contributed by atoms with van der Waals surface area (Å²) in [4.78, 5) is 11.2. The van der Waals surface area contributed by atoms with Crippen LogP contribution in [0, 0.1) is 17.1 Å². The number of carbonyl (C=O) groups excluding carboxylic acids is 1. The second kappa shape index (κ2) is 6.45. The van der Waals surface area contributed by atoms with E-state index in [0.29, 0.717) is 25.0 Å². The van der Waals surface area contributed by atoms with Crippen molar-refractivity contribution < 1.29 is 30.8 Å². The molecule has 0 unspecified atom stereocenters. The first-order valence-electron chi connectivity index (χ1n) is 8.06. The van der Waals surface area contributed by atoms with Gasteiger partial charge in [-0.05, 0) is 37.5 Å². The highest BCUT2D eigenvalue weighted by Crippen LogP contribution is 2.37. The summed E-state index contributed by atoms with van der Waals surface area (Å²) in [5.41, 5.74) is -2.51. The predicted molar refractivity (Wildman–Crippen MR) is 84.5 cm³/mol. The summed E-state index contributed by atoms with van der Waals surface area (Å²) < 4.78 is 78.0. The van der Waals surface area contributed by atoms with Gasteiger partial charge in [-0.3, -0.25) is 4.79 Å². The summed E-state index contributed by atoms with van der Waals surface area (Å²) in [5.74, 6) is -1.77. The van der Waals surface area contributed by atoms with E-state index in [9.17, 15) is 30.8 Å². The van der Waals surface area contributed by atoms with Crippen LogP contribution in [0.4, 0.5) is 17.6 Å². The molecule has 1 aromatic carbocycles. The Morgan fingerprint density at radius 2 is 2.00 bits per heavy atom. The molecular formula is C16H15F4N3O3S. The standard InChI is InChI=1S/C16H15F4N3O3S/c17-9-1-2-13(11(5-9)16(18,19)20)27(25,26)10-6-12(22-7-10)14(24)23-15(8-21)3-4-15/h1-2,5,10,12,22H,3-4,6-7H2,(H,23,24)/t10-,12+/m1/s1. The quantitative estimate of drug-likeness (QED) is 0.585. The molecule has 2 fully saturated rings. The number of halogens is 4. The van der Waals surface area contributed by atoms with Crippen LogP contribution < -0.4 is 10.6 Å². The SMILES string of the molecule is N#CC1(NC(=O)[C@@H]2C[C@@H](S(=O)(=O)c3ccc(F)cc3C(F)(F)F)CN2)CC1. The van der Waals surface area contributed by atoms with E-state index in [1.54, 1.807) is 0 Å². The Bertz CT molecular complexity index is 920. The highest BCUT2D eigenvalue weighted by atomic mass is 32.2. The van der Waals surface area contributed by atoms with Gasteiger partial charge in [0.25, 0.3) is 0 Å². The molecule has 1 saturated carbocycles. The van der Waals surface area contributed by atoms with Crippen LogP contribution in [0.2, 0.25) is 0 Å². The molecule has 2 N–H and O–H groups in total. The fourth-order valence-electron chi connectivity index (χ4n) is 3.00. The van der Waals surface area contributed by atoms with Crippen LogP contribution in [-0.4, -0.2) is 37.7 Å². The third-order valence-electron chi connectivity index (χ3n) is 4.73.